The minimum absolute atomic E-state index is 0.112. The van der Waals surface area contributed by atoms with Crippen molar-refractivity contribution in [3.05, 3.63) is 71.8 Å². The maximum atomic E-state index is 13.3. The van der Waals surface area contributed by atoms with Gasteiger partial charge in [-0.05, 0) is 56.4 Å². The molecule has 1 atom stereocenters. The molecule has 1 aliphatic carbocycles. The molecule has 0 saturated heterocycles. The van der Waals surface area contributed by atoms with E-state index in [4.69, 9.17) is 0 Å². The number of hydrogen-bond acceptors (Lipinski definition) is 3. The maximum Gasteiger partial charge on any atom is 0.255 e. The molecule has 0 bridgehead atoms. The fraction of sp³-hybridized carbons (Fsp3) is 0.346. The van der Waals surface area contributed by atoms with E-state index in [0.29, 0.717) is 27.9 Å². The Morgan fingerprint density at radius 1 is 0.906 bits per heavy atom. The van der Waals surface area contributed by atoms with Crippen molar-refractivity contribution in [2.24, 2.45) is 5.92 Å². The van der Waals surface area contributed by atoms with Crippen LogP contribution in [-0.4, -0.2) is 20.4 Å². The summed E-state index contributed by atoms with van der Waals surface area (Å²) >= 11 is 0. The fourth-order valence-corrected chi connectivity index (χ4v) is 6.19. The van der Waals surface area contributed by atoms with Crippen molar-refractivity contribution >= 4 is 32.4 Å². The lowest BCUT2D eigenvalue weighted by molar-refractivity contribution is 0.102. The predicted octanol–water partition coefficient (Wildman–Crippen LogP) is 5.65. The largest absolute Gasteiger partial charge is 0.321 e. The number of anilines is 1. The van der Waals surface area contributed by atoms with Crippen LogP contribution in [-0.2, 0) is 10.0 Å². The Hall–Kier alpha value is -2.70. The van der Waals surface area contributed by atoms with Gasteiger partial charge in [0.15, 0.2) is 0 Å². The average Bonchev–Trinajstić information content (AvgIpc) is 2.79. The van der Waals surface area contributed by atoms with E-state index in [0.717, 1.165) is 31.2 Å². The van der Waals surface area contributed by atoms with Crippen LogP contribution in [0.15, 0.2) is 65.6 Å². The number of carbonyl (C=O) groups excluding carboxylic acids is 1. The van der Waals surface area contributed by atoms with Crippen LogP contribution >= 0.6 is 0 Å². The van der Waals surface area contributed by atoms with Crippen LogP contribution in [0, 0.1) is 12.8 Å². The summed E-state index contributed by atoms with van der Waals surface area (Å²) in [7, 11) is -3.70. The number of benzene rings is 3. The third kappa shape index (κ3) is 4.71. The molecule has 32 heavy (non-hydrogen) atoms. The summed E-state index contributed by atoms with van der Waals surface area (Å²) in [6.07, 6.45) is 5.68. The molecule has 1 fully saturated rings. The highest BCUT2D eigenvalue weighted by molar-refractivity contribution is 7.89. The molecule has 6 heteroatoms. The summed E-state index contributed by atoms with van der Waals surface area (Å²) in [6.45, 7) is 3.86. The summed E-state index contributed by atoms with van der Waals surface area (Å²) in [6, 6.07) is 17.8. The van der Waals surface area contributed by atoms with Gasteiger partial charge in [-0.15, -0.1) is 0 Å². The van der Waals surface area contributed by atoms with E-state index in [1.807, 2.05) is 50.2 Å². The van der Waals surface area contributed by atoms with Crippen molar-refractivity contribution in [1.29, 1.82) is 0 Å². The van der Waals surface area contributed by atoms with E-state index in [-0.39, 0.29) is 16.8 Å². The first-order valence-corrected chi connectivity index (χ1v) is 12.8. The zero-order valence-corrected chi connectivity index (χ0v) is 19.4. The number of fused-ring (bicyclic) bond motifs is 1. The third-order valence-electron chi connectivity index (χ3n) is 6.51. The second-order valence-electron chi connectivity index (χ2n) is 8.73. The van der Waals surface area contributed by atoms with Gasteiger partial charge in [-0.1, -0.05) is 61.7 Å². The molecular weight excluding hydrogens is 420 g/mol. The van der Waals surface area contributed by atoms with Gasteiger partial charge in [-0.25, -0.2) is 13.1 Å². The maximum absolute atomic E-state index is 13.3. The van der Waals surface area contributed by atoms with Crippen LogP contribution in [0.5, 0.6) is 0 Å². The number of aryl methyl sites for hydroxylation is 1. The first-order valence-electron chi connectivity index (χ1n) is 11.3. The van der Waals surface area contributed by atoms with E-state index >= 15 is 0 Å². The van der Waals surface area contributed by atoms with Gasteiger partial charge in [0.25, 0.3) is 5.91 Å². The van der Waals surface area contributed by atoms with E-state index in [1.54, 1.807) is 24.3 Å². The summed E-state index contributed by atoms with van der Waals surface area (Å²) in [4.78, 5) is 13.1. The molecule has 3 aromatic carbocycles. The van der Waals surface area contributed by atoms with E-state index < -0.39 is 10.0 Å². The SMILES string of the molecule is Cc1ccccc1C(=O)Nc1ccc(S(=O)(=O)NC(C)C2CCCCC2)c2ccccc12. The van der Waals surface area contributed by atoms with Crippen molar-refractivity contribution < 1.29 is 13.2 Å². The number of amides is 1. The van der Waals surface area contributed by atoms with Crippen molar-refractivity contribution in [1.82, 2.24) is 4.72 Å². The molecule has 1 amide bonds. The Morgan fingerprint density at radius 3 is 2.28 bits per heavy atom. The van der Waals surface area contributed by atoms with Gasteiger partial charge in [0.2, 0.25) is 10.0 Å². The first kappa shape index (κ1) is 22.5. The number of rotatable bonds is 6. The number of nitrogens with one attached hydrogen (secondary N) is 2. The molecule has 0 radical (unpaired) electrons. The lowest BCUT2D eigenvalue weighted by Gasteiger charge is -2.28. The topological polar surface area (TPSA) is 75.3 Å². The number of hydrogen-bond donors (Lipinski definition) is 2. The Balaban J connectivity index is 1.64. The number of sulfonamides is 1. The Kier molecular flexibility index (Phi) is 6.63. The molecule has 0 aliphatic heterocycles. The van der Waals surface area contributed by atoms with Gasteiger partial charge in [0, 0.05) is 28.1 Å². The molecular formula is C26H30N2O3S. The molecule has 3 aromatic rings. The summed E-state index contributed by atoms with van der Waals surface area (Å²) in [5.74, 6) is 0.158. The van der Waals surface area contributed by atoms with Crippen molar-refractivity contribution in [3.63, 3.8) is 0 Å². The molecule has 0 spiro atoms. The lowest BCUT2D eigenvalue weighted by Crippen LogP contribution is -2.38. The van der Waals surface area contributed by atoms with Gasteiger partial charge < -0.3 is 5.32 Å². The van der Waals surface area contributed by atoms with Crippen molar-refractivity contribution in [2.45, 2.75) is 56.9 Å². The fourth-order valence-electron chi connectivity index (χ4n) is 4.67. The van der Waals surface area contributed by atoms with Crippen molar-refractivity contribution in [2.75, 3.05) is 5.32 Å². The van der Waals surface area contributed by atoms with Crippen molar-refractivity contribution in [3.8, 4) is 0 Å². The summed E-state index contributed by atoms with van der Waals surface area (Å²) < 4.78 is 29.5. The standard InChI is InChI=1S/C26H30N2O3S/c1-18-10-6-7-13-21(18)26(29)27-24-16-17-25(23-15-9-8-14-22(23)24)32(30,31)28-19(2)20-11-4-3-5-12-20/h6-10,13-17,19-20,28H,3-5,11-12H2,1-2H3,(H,27,29). The van der Waals surface area contributed by atoms with Crippen LogP contribution in [0.3, 0.4) is 0 Å². The number of carbonyl (C=O) groups is 1. The van der Waals surface area contributed by atoms with E-state index in [1.165, 1.54) is 6.42 Å². The van der Waals surface area contributed by atoms with Gasteiger partial charge in [-0.3, -0.25) is 4.79 Å². The molecule has 0 aromatic heterocycles. The molecule has 1 saturated carbocycles. The molecule has 2 N–H and O–H groups in total. The van der Waals surface area contributed by atoms with Gasteiger partial charge >= 0.3 is 0 Å². The lowest BCUT2D eigenvalue weighted by atomic mass is 9.85. The second kappa shape index (κ2) is 9.43. The molecule has 4 rings (SSSR count). The van der Waals surface area contributed by atoms with Gasteiger partial charge in [-0.2, -0.15) is 0 Å². The Bertz CT molecular complexity index is 1230. The molecule has 1 aliphatic rings. The Morgan fingerprint density at radius 2 is 1.56 bits per heavy atom. The van der Waals surface area contributed by atoms with E-state index in [2.05, 4.69) is 10.0 Å². The highest BCUT2D eigenvalue weighted by Crippen LogP contribution is 2.31. The van der Waals surface area contributed by atoms with Crippen LogP contribution in [0.4, 0.5) is 5.69 Å². The van der Waals surface area contributed by atoms with E-state index in [9.17, 15) is 13.2 Å². The van der Waals surface area contributed by atoms with Crippen LogP contribution < -0.4 is 10.0 Å². The monoisotopic (exact) mass is 450 g/mol. The predicted molar refractivity (Wildman–Crippen MR) is 129 cm³/mol. The highest BCUT2D eigenvalue weighted by Gasteiger charge is 2.26. The highest BCUT2D eigenvalue weighted by atomic mass is 32.2. The average molecular weight is 451 g/mol. The van der Waals surface area contributed by atoms with Gasteiger partial charge in [0.1, 0.15) is 0 Å². The second-order valence-corrected chi connectivity index (χ2v) is 10.4. The molecule has 0 heterocycles. The molecule has 5 nitrogen and oxygen atoms in total. The first-order chi connectivity index (χ1) is 15.4. The summed E-state index contributed by atoms with van der Waals surface area (Å²) in [5, 5.41) is 4.25. The Labute approximate surface area is 190 Å². The normalized spacial score (nSPS) is 16.1. The van der Waals surface area contributed by atoms with Crippen LogP contribution in [0.1, 0.15) is 54.9 Å². The third-order valence-corrected chi connectivity index (χ3v) is 8.13. The minimum Gasteiger partial charge on any atom is -0.321 e. The van der Waals surface area contributed by atoms with Crippen LogP contribution in [0.2, 0.25) is 0 Å². The zero-order chi connectivity index (χ0) is 22.7. The molecule has 1 unspecified atom stereocenters. The van der Waals surface area contributed by atoms with Gasteiger partial charge in [0.05, 0.1) is 4.90 Å². The quantitative estimate of drug-likeness (QED) is 0.510. The summed E-state index contributed by atoms with van der Waals surface area (Å²) in [5.41, 5.74) is 2.07. The zero-order valence-electron chi connectivity index (χ0n) is 18.6. The molecule has 168 valence electrons. The smallest absolute Gasteiger partial charge is 0.255 e. The van der Waals surface area contributed by atoms with Crippen LogP contribution in [0.25, 0.3) is 10.8 Å². The minimum atomic E-state index is -3.70.